The molecule has 3 aromatic rings. The van der Waals surface area contributed by atoms with Crippen LogP contribution >= 0.6 is 0 Å². The van der Waals surface area contributed by atoms with Gasteiger partial charge in [0.25, 0.3) is 5.56 Å². The minimum atomic E-state index is -0.140. The molecule has 1 aliphatic heterocycles. The second-order valence-electron chi connectivity index (χ2n) is 6.74. The van der Waals surface area contributed by atoms with E-state index in [1.807, 2.05) is 36.4 Å². The molecule has 0 fully saturated rings. The van der Waals surface area contributed by atoms with Crippen molar-refractivity contribution in [2.45, 2.75) is 26.7 Å². The Kier molecular flexibility index (Phi) is 4.71. The third-order valence-corrected chi connectivity index (χ3v) is 4.72. The molecule has 4 rings (SSSR count). The number of nitrogens with one attached hydrogen (secondary N) is 2. The quantitative estimate of drug-likeness (QED) is 0.692. The van der Waals surface area contributed by atoms with Gasteiger partial charge in [0.2, 0.25) is 0 Å². The molecule has 0 saturated carbocycles. The lowest BCUT2D eigenvalue weighted by Crippen LogP contribution is -2.23. The predicted octanol–water partition coefficient (Wildman–Crippen LogP) is 3.98. The van der Waals surface area contributed by atoms with Crippen LogP contribution in [0.25, 0.3) is 22.3 Å². The molecule has 0 spiro atoms. The molecule has 2 aromatic carbocycles. The van der Waals surface area contributed by atoms with Gasteiger partial charge in [-0.2, -0.15) is 0 Å². The lowest BCUT2D eigenvalue weighted by atomic mass is 10.1. The third kappa shape index (κ3) is 3.23. The smallest absolute Gasteiger partial charge is 0.259 e. The van der Waals surface area contributed by atoms with E-state index in [9.17, 15) is 4.79 Å². The van der Waals surface area contributed by atoms with Crippen LogP contribution in [0.2, 0.25) is 0 Å². The molecular formula is C21H24N4O2. The number of aromatic amines is 1. The number of nitrogens with zero attached hydrogens (tertiary/aromatic N) is 2. The monoisotopic (exact) mass is 364 g/mol. The van der Waals surface area contributed by atoms with E-state index in [4.69, 9.17) is 9.72 Å². The van der Waals surface area contributed by atoms with Crippen molar-refractivity contribution in [2.75, 3.05) is 30.0 Å². The topological polar surface area (TPSA) is 70.2 Å². The number of hydrogen-bond acceptors (Lipinski definition) is 5. The van der Waals surface area contributed by atoms with Crippen molar-refractivity contribution in [1.29, 1.82) is 0 Å². The van der Waals surface area contributed by atoms with Crippen LogP contribution in [0.15, 0.2) is 41.2 Å². The fourth-order valence-corrected chi connectivity index (χ4v) is 3.44. The van der Waals surface area contributed by atoms with E-state index in [0.717, 1.165) is 48.7 Å². The second kappa shape index (κ2) is 7.31. The molecule has 0 saturated heterocycles. The summed E-state index contributed by atoms with van der Waals surface area (Å²) in [5, 5.41) is 3.95. The Morgan fingerprint density at radius 2 is 2.04 bits per heavy atom. The zero-order chi connectivity index (χ0) is 18.8. The lowest BCUT2D eigenvalue weighted by Gasteiger charge is -2.17. The molecule has 6 heteroatoms. The summed E-state index contributed by atoms with van der Waals surface area (Å²) in [6.07, 6.45) is 1.98. The highest BCUT2D eigenvalue weighted by atomic mass is 16.5. The minimum Gasteiger partial charge on any atom is -0.493 e. The first kappa shape index (κ1) is 17.4. The first-order valence-electron chi connectivity index (χ1n) is 9.50. The molecule has 140 valence electrons. The maximum Gasteiger partial charge on any atom is 0.259 e. The molecule has 0 bridgehead atoms. The molecule has 2 heterocycles. The van der Waals surface area contributed by atoms with Gasteiger partial charge in [-0.15, -0.1) is 0 Å². The number of rotatable bonds is 6. The SMILES string of the molecule is CCCOc1ccccc1-c1nc2cc3c(cc2c(=O)[nH]1)NCN3CCC. The zero-order valence-electron chi connectivity index (χ0n) is 15.7. The first-order valence-corrected chi connectivity index (χ1v) is 9.50. The Bertz CT molecular complexity index is 1030. The zero-order valence-corrected chi connectivity index (χ0v) is 15.7. The van der Waals surface area contributed by atoms with E-state index in [1.54, 1.807) is 0 Å². The number of anilines is 2. The Morgan fingerprint density at radius 3 is 2.85 bits per heavy atom. The van der Waals surface area contributed by atoms with E-state index in [-0.39, 0.29) is 5.56 Å². The van der Waals surface area contributed by atoms with Crippen molar-refractivity contribution >= 4 is 22.3 Å². The van der Waals surface area contributed by atoms with Crippen LogP contribution in [-0.2, 0) is 0 Å². The number of ether oxygens (including phenoxy) is 1. The molecule has 0 atom stereocenters. The maximum absolute atomic E-state index is 12.7. The number of para-hydroxylation sites is 1. The van der Waals surface area contributed by atoms with E-state index >= 15 is 0 Å². The number of hydrogen-bond donors (Lipinski definition) is 2. The van der Waals surface area contributed by atoms with Crippen molar-refractivity contribution in [2.24, 2.45) is 0 Å². The summed E-state index contributed by atoms with van der Waals surface area (Å²) in [6.45, 7) is 6.58. The fraction of sp³-hybridized carbons (Fsp3) is 0.333. The maximum atomic E-state index is 12.7. The third-order valence-electron chi connectivity index (χ3n) is 4.72. The van der Waals surface area contributed by atoms with Crippen molar-refractivity contribution in [3.05, 3.63) is 46.8 Å². The summed E-state index contributed by atoms with van der Waals surface area (Å²) in [4.78, 5) is 22.7. The summed E-state index contributed by atoms with van der Waals surface area (Å²) < 4.78 is 5.84. The van der Waals surface area contributed by atoms with Gasteiger partial charge in [0, 0.05) is 6.54 Å². The highest BCUT2D eigenvalue weighted by Crippen LogP contribution is 2.35. The molecule has 1 aliphatic rings. The number of fused-ring (bicyclic) bond motifs is 2. The van der Waals surface area contributed by atoms with Crippen LogP contribution in [0.1, 0.15) is 26.7 Å². The van der Waals surface area contributed by atoms with Crippen molar-refractivity contribution < 1.29 is 4.74 Å². The van der Waals surface area contributed by atoms with Crippen LogP contribution in [-0.4, -0.2) is 29.8 Å². The Morgan fingerprint density at radius 1 is 1.19 bits per heavy atom. The predicted molar refractivity (Wildman–Crippen MR) is 110 cm³/mol. The molecule has 27 heavy (non-hydrogen) atoms. The van der Waals surface area contributed by atoms with Gasteiger partial charge in [0.1, 0.15) is 11.6 Å². The molecule has 1 aromatic heterocycles. The second-order valence-corrected chi connectivity index (χ2v) is 6.74. The van der Waals surface area contributed by atoms with Gasteiger partial charge in [0.05, 0.1) is 41.1 Å². The largest absolute Gasteiger partial charge is 0.493 e. The number of H-pyrrole nitrogens is 1. The van der Waals surface area contributed by atoms with Crippen molar-refractivity contribution in [1.82, 2.24) is 9.97 Å². The lowest BCUT2D eigenvalue weighted by molar-refractivity contribution is 0.318. The van der Waals surface area contributed by atoms with Gasteiger partial charge in [0.15, 0.2) is 0 Å². The highest BCUT2D eigenvalue weighted by Gasteiger charge is 2.20. The summed E-state index contributed by atoms with van der Waals surface area (Å²) in [5.41, 5.74) is 3.45. The van der Waals surface area contributed by atoms with Gasteiger partial charge in [-0.3, -0.25) is 4.79 Å². The van der Waals surface area contributed by atoms with E-state index in [2.05, 4.69) is 29.0 Å². The van der Waals surface area contributed by atoms with Crippen LogP contribution in [0.3, 0.4) is 0 Å². The normalized spacial score (nSPS) is 12.9. The van der Waals surface area contributed by atoms with Crippen molar-refractivity contribution in [3.63, 3.8) is 0 Å². The van der Waals surface area contributed by atoms with Gasteiger partial charge in [-0.05, 0) is 37.1 Å². The Balaban J connectivity index is 1.83. The van der Waals surface area contributed by atoms with Crippen molar-refractivity contribution in [3.8, 4) is 17.1 Å². The van der Waals surface area contributed by atoms with Gasteiger partial charge in [-0.1, -0.05) is 26.0 Å². The molecule has 0 radical (unpaired) electrons. The molecule has 0 amide bonds. The van der Waals surface area contributed by atoms with Gasteiger partial charge < -0.3 is 19.9 Å². The molecule has 6 nitrogen and oxygen atoms in total. The fourth-order valence-electron chi connectivity index (χ4n) is 3.44. The number of benzene rings is 2. The minimum absolute atomic E-state index is 0.140. The summed E-state index contributed by atoms with van der Waals surface area (Å²) >= 11 is 0. The van der Waals surface area contributed by atoms with Crippen LogP contribution in [0.5, 0.6) is 5.75 Å². The van der Waals surface area contributed by atoms with E-state index < -0.39 is 0 Å². The summed E-state index contributed by atoms with van der Waals surface area (Å²) in [5.74, 6) is 1.27. The Labute approximate surface area is 158 Å². The summed E-state index contributed by atoms with van der Waals surface area (Å²) in [6, 6.07) is 11.6. The molecule has 0 unspecified atom stereocenters. The summed E-state index contributed by atoms with van der Waals surface area (Å²) in [7, 11) is 0. The molecule has 2 N–H and O–H groups in total. The average Bonchev–Trinajstić information content (AvgIpc) is 3.07. The van der Waals surface area contributed by atoms with Crippen LogP contribution in [0.4, 0.5) is 11.4 Å². The molecule has 0 aliphatic carbocycles. The highest BCUT2D eigenvalue weighted by molar-refractivity contribution is 5.92. The van der Waals surface area contributed by atoms with E-state index in [1.165, 1.54) is 0 Å². The van der Waals surface area contributed by atoms with Crippen LogP contribution < -0.4 is 20.5 Å². The van der Waals surface area contributed by atoms with Gasteiger partial charge in [-0.25, -0.2) is 4.98 Å². The van der Waals surface area contributed by atoms with Crippen LogP contribution in [0, 0.1) is 0 Å². The number of aromatic nitrogens is 2. The average molecular weight is 364 g/mol. The van der Waals surface area contributed by atoms with E-state index in [0.29, 0.717) is 23.3 Å². The molecular weight excluding hydrogens is 340 g/mol. The Hall–Kier alpha value is -3.02. The standard InChI is InChI=1S/C21H24N4O2/c1-3-9-25-13-22-17-11-15-16(12-18(17)25)23-20(24-21(15)26)14-7-5-6-8-19(14)27-10-4-2/h5-8,11-12,22H,3-4,9-10,13H2,1-2H3,(H,23,24,26). The first-order chi connectivity index (χ1) is 13.2. The van der Waals surface area contributed by atoms with Gasteiger partial charge >= 0.3 is 0 Å².